The zero-order valence-corrected chi connectivity index (χ0v) is 8.90. The van der Waals surface area contributed by atoms with Crippen molar-refractivity contribution in [3.63, 3.8) is 0 Å². The molecule has 14 heavy (non-hydrogen) atoms. The summed E-state index contributed by atoms with van der Waals surface area (Å²) in [6.45, 7) is 4.44. The average Bonchev–Trinajstić information content (AvgIpc) is 2.19. The molecule has 0 saturated carbocycles. The van der Waals surface area contributed by atoms with Crippen LogP contribution in [0.2, 0.25) is 0 Å². The lowest BCUT2D eigenvalue weighted by atomic mass is 10.2. The van der Waals surface area contributed by atoms with Gasteiger partial charge in [0.1, 0.15) is 5.75 Å². The zero-order chi connectivity index (χ0) is 10.6. The Morgan fingerprint density at radius 3 is 2.29 bits per heavy atom. The van der Waals surface area contributed by atoms with Gasteiger partial charge in [0.2, 0.25) is 0 Å². The Balaban J connectivity index is 2.59. The second-order valence-electron chi connectivity index (χ2n) is 3.54. The van der Waals surface area contributed by atoms with E-state index in [1.807, 2.05) is 38.1 Å². The summed E-state index contributed by atoms with van der Waals surface area (Å²) >= 11 is 0. The number of benzene rings is 1. The molecular formula is C11H17NO2. The van der Waals surface area contributed by atoms with Crippen LogP contribution < -0.4 is 4.74 Å². The van der Waals surface area contributed by atoms with E-state index in [1.165, 1.54) is 5.06 Å². The minimum atomic E-state index is 0.136. The molecule has 0 fully saturated rings. The average molecular weight is 195 g/mol. The second kappa shape index (κ2) is 4.98. The van der Waals surface area contributed by atoms with Gasteiger partial charge in [-0.15, -0.1) is 0 Å². The molecule has 0 aliphatic heterocycles. The van der Waals surface area contributed by atoms with Crippen LogP contribution in [-0.2, 0) is 6.54 Å². The predicted molar refractivity (Wildman–Crippen MR) is 55.5 cm³/mol. The van der Waals surface area contributed by atoms with Crippen LogP contribution >= 0.6 is 0 Å². The number of hydrogen-bond donors (Lipinski definition) is 1. The first-order valence-electron chi connectivity index (χ1n) is 4.72. The second-order valence-corrected chi connectivity index (χ2v) is 3.54. The third-order valence-electron chi connectivity index (χ3n) is 2.10. The molecule has 0 radical (unpaired) electrons. The van der Waals surface area contributed by atoms with E-state index < -0.39 is 0 Å². The van der Waals surface area contributed by atoms with Crippen molar-refractivity contribution in [1.29, 1.82) is 0 Å². The highest BCUT2D eigenvalue weighted by Crippen LogP contribution is 2.13. The highest BCUT2D eigenvalue weighted by atomic mass is 16.5. The summed E-state index contributed by atoms with van der Waals surface area (Å²) in [6, 6.07) is 7.82. The van der Waals surface area contributed by atoms with Crippen LogP contribution in [0.15, 0.2) is 24.3 Å². The highest BCUT2D eigenvalue weighted by Gasteiger charge is 2.05. The van der Waals surface area contributed by atoms with Crippen LogP contribution in [0, 0.1) is 0 Å². The first-order valence-corrected chi connectivity index (χ1v) is 4.72. The van der Waals surface area contributed by atoms with Crippen molar-refractivity contribution >= 4 is 0 Å². The maximum absolute atomic E-state index is 9.51. The van der Waals surface area contributed by atoms with Gasteiger partial charge in [0.15, 0.2) is 0 Å². The lowest BCUT2D eigenvalue weighted by Crippen LogP contribution is -2.26. The normalized spacial score (nSPS) is 11.0. The topological polar surface area (TPSA) is 32.7 Å². The fraction of sp³-hybridized carbons (Fsp3) is 0.455. The monoisotopic (exact) mass is 195 g/mol. The summed E-state index contributed by atoms with van der Waals surface area (Å²) in [7, 11) is 1.64. The van der Waals surface area contributed by atoms with E-state index >= 15 is 0 Å². The Morgan fingerprint density at radius 1 is 1.29 bits per heavy atom. The molecule has 3 heteroatoms. The Kier molecular flexibility index (Phi) is 3.92. The van der Waals surface area contributed by atoms with Gasteiger partial charge in [-0.05, 0) is 31.5 Å². The van der Waals surface area contributed by atoms with Crippen molar-refractivity contribution in [2.75, 3.05) is 7.11 Å². The minimum Gasteiger partial charge on any atom is -0.497 e. The van der Waals surface area contributed by atoms with Crippen molar-refractivity contribution in [2.45, 2.75) is 26.4 Å². The molecule has 78 valence electrons. The molecule has 0 aliphatic rings. The van der Waals surface area contributed by atoms with Crippen molar-refractivity contribution in [2.24, 2.45) is 0 Å². The number of hydrogen-bond acceptors (Lipinski definition) is 3. The molecule has 0 atom stereocenters. The molecule has 1 N–H and O–H groups in total. The Bertz CT molecular complexity index is 269. The summed E-state index contributed by atoms with van der Waals surface area (Å²) in [6.07, 6.45) is 0. The van der Waals surface area contributed by atoms with Crippen molar-refractivity contribution in [1.82, 2.24) is 5.06 Å². The van der Waals surface area contributed by atoms with Crippen LogP contribution in [0.4, 0.5) is 0 Å². The molecule has 0 heterocycles. The minimum absolute atomic E-state index is 0.136. The largest absolute Gasteiger partial charge is 0.497 e. The summed E-state index contributed by atoms with van der Waals surface area (Å²) in [5.41, 5.74) is 1.07. The number of ether oxygens (including phenoxy) is 1. The standard InChI is InChI=1S/C11H17NO2/c1-9(2)12(13)8-10-4-6-11(14-3)7-5-10/h4-7,9,13H,8H2,1-3H3. The van der Waals surface area contributed by atoms with Gasteiger partial charge < -0.3 is 9.94 Å². The molecule has 0 aromatic heterocycles. The molecule has 0 amide bonds. The first-order chi connectivity index (χ1) is 6.63. The molecule has 1 aromatic carbocycles. The molecule has 0 saturated heterocycles. The first kappa shape index (κ1) is 11.0. The zero-order valence-electron chi connectivity index (χ0n) is 8.90. The van der Waals surface area contributed by atoms with Gasteiger partial charge in [-0.3, -0.25) is 0 Å². The van der Waals surface area contributed by atoms with Crippen molar-refractivity contribution in [3.8, 4) is 5.75 Å². The third-order valence-corrected chi connectivity index (χ3v) is 2.10. The van der Waals surface area contributed by atoms with Gasteiger partial charge in [-0.1, -0.05) is 12.1 Å². The molecule has 3 nitrogen and oxygen atoms in total. The Labute approximate surface area is 84.9 Å². The summed E-state index contributed by atoms with van der Waals surface area (Å²) < 4.78 is 5.05. The van der Waals surface area contributed by atoms with E-state index in [4.69, 9.17) is 4.74 Å². The lowest BCUT2D eigenvalue weighted by molar-refractivity contribution is -0.125. The summed E-state index contributed by atoms with van der Waals surface area (Å²) in [5, 5.41) is 10.8. The van der Waals surface area contributed by atoms with E-state index in [-0.39, 0.29) is 6.04 Å². The van der Waals surface area contributed by atoms with Gasteiger partial charge >= 0.3 is 0 Å². The van der Waals surface area contributed by atoms with E-state index in [2.05, 4.69) is 0 Å². The smallest absolute Gasteiger partial charge is 0.118 e. The molecule has 0 bridgehead atoms. The van der Waals surface area contributed by atoms with Crippen LogP contribution in [0.1, 0.15) is 19.4 Å². The summed E-state index contributed by atoms with van der Waals surface area (Å²) in [5.74, 6) is 0.836. The van der Waals surface area contributed by atoms with E-state index in [1.54, 1.807) is 7.11 Å². The molecule has 0 unspecified atom stereocenters. The van der Waals surface area contributed by atoms with Gasteiger partial charge in [0.25, 0.3) is 0 Å². The van der Waals surface area contributed by atoms with Gasteiger partial charge in [-0.2, -0.15) is 5.06 Å². The van der Waals surface area contributed by atoms with Gasteiger partial charge in [-0.25, -0.2) is 0 Å². The van der Waals surface area contributed by atoms with Crippen LogP contribution in [0.3, 0.4) is 0 Å². The summed E-state index contributed by atoms with van der Waals surface area (Å²) in [4.78, 5) is 0. The molecule has 1 rings (SSSR count). The number of rotatable bonds is 4. The van der Waals surface area contributed by atoms with Crippen molar-refractivity contribution < 1.29 is 9.94 Å². The van der Waals surface area contributed by atoms with Crippen LogP contribution in [0.5, 0.6) is 5.75 Å². The number of methoxy groups -OCH3 is 1. The molecule has 0 aliphatic carbocycles. The fourth-order valence-electron chi connectivity index (χ4n) is 1.10. The molecule has 0 spiro atoms. The lowest BCUT2D eigenvalue weighted by Gasteiger charge is -2.18. The van der Waals surface area contributed by atoms with Gasteiger partial charge in [0, 0.05) is 12.6 Å². The Hall–Kier alpha value is -1.06. The fourth-order valence-corrected chi connectivity index (χ4v) is 1.10. The SMILES string of the molecule is COc1ccc(CN(O)C(C)C)cc1. The van der Waals surface area contributed by atoms with E-state index in [0.717, 1.165) is 11.3 Å². The number of hydroxylamine groups is 2. The maximum atomic E-state index is 9.51. The van der Waals surface area contributed by atoms with E-state index in [9.17, 15) is 5.21 Å². The quantitative estimate of drug-likeness (QED) is 0.748. The highest BCUT2D eigenvalue weighted by molar-refractivity contribution is 5.26. The molecule has 1 aromatic rings. The van der Waals surface area contributed by atoms with Crippen LogP contribution in [0.25, 0.3) is 0 Å². The number of nitrogens with zero attached hydrogens (tertiary/aromatic N) is 1. The third kappa shape index (κ3) is 3.01. The van der Waals surface area contributed by atoms with Crippen molar-refractivity contribution in [3.05, 3.63) is 29.8 Å². The molecular weight excluding hydrogens is 178 g/mol. The Morgan fingerprint density at radius 2 is 1.86 bits per heavy atom. The van der Waals surface area contributed by atoms with E-state index in [0.29, 0.717) is 6.54 Å². The van der Waals surface area contributed by atoms with Gasteiger partial charge in [0.05, 0.1) is 7.11 Å². The van der Waals surface area contributed by atoms with Crippen LogP contribution in [-0.4, -0.2) is 23.4 Å². The maximum Gasteiger partial charge on any atom is 0.118 e. The predicted octanol–water partition coefficient (Wildman–Crippen LogP) is 2.29.